The molecule has 0 heterocycles. The van der Waals surface area contributed by atoms with Crippen LogP contribution in [0.3, 0.4) is 0 Å². The molecule has 1 rings (SSSR count). The Labute approximate surface area is 87.5 Å². The summed E-state index contributed by atoms with van der Waals surface area (Å²) in [6, 6.07) is 11.0. The maximum Gasteiger partial charge on any atom is 0.0342 e. The fourth-order valence-corrected chi connectivity index (χ4v) is 1.47. The van der Waals surface area contributed by atoms with E-state index in [1.54, 1.807) is 0 Å². The molecule has 0 aliphatic carbocycles. The average molecular weight is 191 g/mol. The van der Waals surface area contributed by atoms with E-state index in [9.17, 15) is 0 Å². The van der Waals surface area contributed by atoms with Crippen LogP contribution in [0.25, 0.3) is 0 Å². The van der Waals surface area contributed by atoms with Gasteiger partial charge in [-0.1, -0.05) is 32.0 Å². The zero-order valence-corrected chi connectivity index (χ0v) is 9.46. The second kappa shape index (κ2) is 5.69. The molecule has 0 aliphatic rings. The minimum atomic E-state index is 0.569. The van der Waals surface area contributed by atoms with Crippen LogP contribution in [0.1, 0.15) is 33.6 Å². The van der Waals surface area contributed by atoms with Crippen molar-refractivity contribution in [2.75, 3.05) is 5.32 Å². The van der Waals surface area contributed by atoms with Crippen LogP contribution < -0.4 is 5.32 Å². The molecule has 0 aliphatic heterocycles. The number of benzene rings is 1. The largest absolute Gasteiger partial charge is 0.383 e. The van der Waals surface area contributed by atoms with Gasteiger partial charge in [-0.3, -0.25) is 0 Å². The van der Waals surface area contributed by atoms with Gasteiger partial charge in [0.05, 0.1) is 0 Å². The number of hydrogen-bond acceptors (Lipinski definition) is 1. The van der Waals surface area contributed by atoms with Crippen LogP contribution in [-0.4, -0.2) is 6.04 Å². The van der Waals surface area contributed by atoms with Crippen molar-refractivity contribution in [2.24, 2.45) is 5.92 Å². The van der Waals surface area contributed by atoms with E-state index in [4.69, 9.17) is 0 Å². The van der Waals surface area contributed by atoms with Crippen LogP contribution >= 0.6 is 0 Å². The maximum absolute atomic E-state index is 3.50. The SMILES string of the molecule is CC(C)CC[C@@H](C)Nc1ccccc1. The molecule has 14 heavy (non-hydrogen) atoms. The van der Waals surface area contributed by atoms with Gasteiger partial charge in [-0.05, 0) is 37.8 Å². The molecule has 1 heteroatoms. The average Bonchev–Trinajstić information content (AvgIpc) is 2.16. The third-order valence-corrected chi connectivity index (χ3v) is 2.36. The molecular formula is C13H21N. The van der Waals surface area contributed by atoms with Crippen molar-refractivity contribution in [3.05, 3.63) is 30.3 Å². The minimum Gasteiger partial charge on any atom is -0.383 e. The van der Waals surface area contributed by atoms with Gasteiger partial charge < -0.3 is 5.32 Å². The Morgan fingerprint density at radius 2 is 1.64 bits per heavy atom. The Kier molecular flexibility index (Phi) is 4.51. The zero-order chi connectivity index (χ0) is 10.4. The van der Waals surface area contributed by atoms with Crippen molar-refractivity contribution in [1.82, 2.24) is 0 Å². The van der Waals surface area contributed by atoms with Gasteiger partial charge >= 0.3 is 0 Å². The minimum absolute atomic E-state index is 0.569. The standard InChI is InChI=1S/C13H21N/c1-11(2)9-10-12(3)14-13-7-5-4-6-8-13/h4-8,11-12,14H,9-10H2,1-3H3/t12-/m1/s1. The van der Waals surface area contributed by atoms with E-state index in [0.717, 1.165) is 5.92 Å². The quantitative estimate of drug-likeness (QED) is 0.743. The summed E-state index contributed by atoms with van der Waals surface area (Å²) in [6.07, 6.45) is 2.54. The summed E-state index contributed by atoms with van der Waals surface area (Å²) in [6.45, 7) is 6.79. The van der Waals surface area contributed by atoms with Crippen LogP contribution in [0, 0.1) is 5.92 Å². The summed E-state index contributed by atoms with van der Waals surface area (Å²) in [7, 11) is 0. The Morgan fingerprint density at radius 1 is 1.00 bits per heavy atom. The van der Waals surface area contributed by atoms with Crippen LogP contribution in [0.2, 0.25) is 0 Å². The molecule has 0 amide bonds. The van der Waals surface area contributed by atoms with Crippen molar-refractivity contribution in [3.8, 4) is 0 Å². The highest BCUT2D eigenvalue weighted by Gasteiger charge is 2.02. The molecule has 0 saturated heterocycles. The summed E-state index contributed by atoms with van der Waals surface area (Å²) < 4.78 is 0. The second-order valence-corrected chi connectivity index (χ2v) is 4.38. The number of nitrogens with one attached hydrogen (secondary N) is 1. The van der Waals surface area contributed by atoms with E-state index in [2.05, 4.69) is 50.4 Å². The summed E-state index contributed by atoms with van der Waals surface area (Å²) in [5, 5.41) is 3.50. The molecule has 0 radical (unpaired) electrons. The first-order valence-corrected chi connectivity index (χ1v) is 5.50. The Hall–Kier alpha value is -0.980. The van der Waals surface area contributed by atoms with Crippen LogP contribution in [0.4, 0.5) is 5.69 Å². The molecule has 0 aromatic heterocycles. The van der Waals surface area contributed by atoms with E-state index < -0.39 is 0 Å². The topological polar surface area (TPSA) is 12.0 Å². The molecule has 0 saturated carbocycles. The normalized spacial score (nSPS) is 12.9. The summed E-state index contributed by atoms with van der Waals surface area (Å²) in [5.74, 6) is 0.801. The summed E-state index contributed by atoms with van der Waals surface area (Å²) >= 11 is 0. The monoisotopic (exact) mass is 191 g/mol. The molecule has 78 valence electrons. The lowest BCUT2D eigenvalue weighted by Crippen LogP contribution is -2.15. The van der Waals surface area contributed by atoms with E-state index in [-0.39, 0.29) is 0 Å². The predicted molar refractivity (Wildman–Crippen MR) is 63.6 cm³/mol. The van der Waals surface area contributed by atoms with Gasteiger partial charge in [-0.2, -0.15) is 0 Å². The van der Waals surface area contributed by atoms with Gasteiger partial charge in [-0.15, -0.1) is 0 Å². The molecule has 1 N–H and O–H groups in total. The predicted octanol–water partition coefficient (Wildman–Crippen LogP) is 3.92. The van der Waals surface area contributed by atoms with Gasteiger partial charge in [0.25, 0.3) is 0 Å². The fraction of sp³-hybridized carbons (Fsp3) is 0.538. The highest BCUT2D eigenvalue weighted by atomic mass is 14.9. The van der Waals surface area contributed by atoms with Gasteiger partial charge in [-0.25, -0.2) is 0 Å². The highest BCUT2D eigenvalue weighted by Crippen LogP contribution is 2.12. The highest BCUT2D eigenvalue weighted by molar-refractivity contribution is 5.43. The maximum atomic E-state index is 3.50. The second-order valence-electron chi connectivity index (χ2n) is 4.38. The Bertz CT molecular complexity index is 241. The Balaban J connectivity index is 2.30. The van der Waals surface area contributed by atoms with E-state index in [1.807, 2.05) is 6.07 Å². The van der Waals surface area contributed by atoms with Crippen molar-refractivity contribution in [1.29, 1.82) is 0 Å². The zero-order valence-electron chi connectivity index (χ0n) is 9.46. The van der Waals surface area contributed by atoms with Crippen LogP contribution in [0.15, 0.2) is 30.3 Å². The van der Waals surface area contributed by atoms with Crippen LogP contribution in [-0.2, 0) is 0 Å². The lowest BCUT2D eigenvalue weighted by Gasteiger charge is -2.16. The first-order valence-electron chi connectivity index (χ1n) is 5.50. The van der Waals surface area contributed by atoms with Crippen molar-refractivity contribution < 1.29 is 0 Å². The van der Waals surface area contributed by atoms with E-state index in [1.165, 1.54) is 18.5 Å². The molecule has 1 atom stereocenters. The van der Waals surface area contributed by atoms with Crippen LogP contribution in [0.5, 0.6) is 0 Å². The van der Waals surface area contributed by atoms with Gasteiger partial charge in [0.2, 0.25) is 0 Å². The number of hydrogen-bond donors (Lipinski definition) is 1. The third kappa shape index (κ3) is 4.31. The van der Waals surface area contributed by atoms with Crippen molar-refractivity contribution in [3.63, 3.8) is 0 Å². The van der Waals surface area contributed by atoms with Gasteiger partial charge in [0.1, 0.15) is 0 Å². The Morgan fingerprint density at radius 3 is 2.21 bits per heavy atom. The summed E-state index contributed by atoms with van der Waals surface area (Å²) in [5.41, 5.74) is 1.23. The lowest BCUT2D eigenvalue weighted by atomic mass is 10.0. The molecule has 0 bridgehead atoms. The van der Waals surface area contributed by atoms with E-state index in [0.29, 0.717) is 6.04 Å². The molecule has 0 spiro atoms. The molecule has 1 aromatic carbocycles. The van der Waals surface area contributed by atoms with Gasteiger partial charge in [0, 0.05) is 11.7 Å². The molecular weight excluding hydrogens is 170 g/mol. The first-order chi connectivity index (χ1) is 6.68. The molecule has 1 nitrogen and oxygen atoms in total. The lowest BCUT2D eigenvalue weighted by molar-refractivity contribution is 0.528. The number of rotatable bonds is 5. The number of anilines is 1. The molecule has 0 fully saturated rings. The van der Waals surface area contributed by atoms with Gasteiger partial charge in [0.15, 0.2) is 0 Å². The molecule has 0 unspecified atom stereocenters. The summed E-state index contributed by atoms with van der Waals surface area (Å²) in [4.78, 5) is 0. The number of para-hydroxylation sites is 1. The van der Waals surface area contributed by atoms with E-state index >= 15 is 0 Å². The first kappa shape index (κ1) is 11.1. The van der Waals surface area contributed by atoms with Crippen molar-refractivity contribution >= 4 is 5.69 Å². The van der Waals surface area contributed by atoms with Crippen molar-refractivity contribution in [2.45, 2.75) is 39.7 Å². The molecule has 1 aromatic rings. The smallest absolute Gasteiger partial charge is 0.0342 e. The fourth-order valence-electron chi connectivity index (χ4n) is 1.47. The third-order valence-electron chi connectivity index (χ3n) is 2.36.